The van der Waals surface area contributed by atoms with E-state index in [0.29, 0.717) is 0 Å². The van der Waals surface area contributed by atoms with E-state index in [-0.39, 0.29) is 24.2 Å². The first-order valence-electron chi connectivity index (χ1n) is 10.3. The van der Waals surface area contributed by atoms with Crippen LogP contribution in [0.5, 0.6) is 0 Å². The molecule has 2 fully saturated rings. The van der Waals surface area contributed by atoms with Crippen molar-refractivity contribution in [1.29, 1.82) is 0 Å². The normalized spacial score (nSPS) is 26.1. The standard InChI is InChI=1S/C23H30N4O/c1-17-8-6-7-9-19(17)16-21-18(2)24-23(25-22(21)28)27-14-12-26(13-15-27)20-10-4-3-5-11-20/h3-11,18,21,23-24H,12-16H2,1-2H3,(H,25,28). The van der Waals surface area contributed by atoms with Crippen LogP contribution in [0.2, 0.25) is 0 Å². The van der Waals surface area contributed by atoms with Crippen molar-refractivity contribution in [3.05, 3.63) is 65.7 Å². The minimum absolute atomic E-state index is 0.0389. The topological polar surface area (TPSA) is 47.6 Å². The van der Waals surface area contributed by atoms with Crippen LogP contribution in [0.3, 0.4) is 0 Å². The molecule has 2 heterocycles. The van der Waals surface area contributed by atoms with Crippen molar-refractivity contribution < 1.29 is 4.79 Å². The summed E-state index contributed by atoms with van der Waals surface area (Å²) in [5.74, 6) is 0.118. The Hall–Kier alpha value is -2.37. The molecule has 0 radical (unpaired) electrons. The number of carbonyl (C=O) groups is 1. The monoisotopic (exact) mass is 378 g/mol. The van der Waals surface area contributed by atoms with E-state index in [1.165, 1.54) is 16.8 Å². The Bertz CT molecular complexity index is 801. The molecule has 2 N–H and O–H groups in total. The van der Waals surface area contributed by atoms with E-state index in [9.17, 15) is 4.79 Å². The summed E-state index contributed by atoms with van der Waals surface area (Å²) in [6, 6.07) is 19.0. The number of rotatable bonds is 4. The minimum atomic E-state index is -0.0754. The first-order chi connectivity index (χ1) is 13.6. The zero-order chi connectivity index (χ0) is 19.5. The van der Waals surface area contributed by atoms with Crippen molar-refractivity contribution in [2.24, 2.45) is 5.92 Å². The molecule has 2 aromatic carbocycles. The van der Waals surface area contributed by atoms with E-state index in [1.807, 2.05) is 6.07 Å². The van der Waals surface area contributed by atoms with Gasteiger partial charge < -0.3 is 10.2 Å². The van der Waals surface area contributed by atoms with Gasteiger partial charge in [0.1, 0.15) is 6.29 Å². The van der Waals surface area contributed by atoms with Gasteiger partial charge in [-0.3, -0.25) is 15.0 Å². The second-order valence-corrected chi connectivity index (χ2v) is 7.96. The van der Waals surface area contributed by atoms with Crippen LogP contribution in [-0.2, 0) is 11.2 Å². The van der Waals surface area contributed by atoms with Crippen LogP contribution in [0.15, 0.2) is 54.6 Å². The number of anilines is 1. The van der Waals surface area contributed by atoms with Gasteiger partial charge in [-0.1, -0.05) is 42.5 Å². The summed E-state index contributed by atoms with van der Waals surface area (Å²) in [4.78, 5) is 17.6. The fourth-order valence-electron chi connectivity index (χ4n) is 4.30. The summed E-state index contributed by atoms with van der Waals surface area (Å²) in [5, 5.41) is 6.85. The number of amides is 1. The number of hydrogen-bond acceptors (Lipinski definition) is 4. The summed E-state index contributed by atoms with van der Waals surface area (Å²) in [7, 11) is 0. The van der Waals surface area contributed by atoms with Crippen LogP contribution >= 0.6 is 0 Å². The highest BCUT2D eigenvalue weighted by molar-refractivity contribution is 5.80. The molecule has 3 atom stereocenters. The first-order valence-corrected chi connectivity index (χ1v) is 10.3. The van der Waals surface area contributed by atoms with Crippen LogP contribution in [0.4, 0.5) is 5.69 Å². The summed E-state index contributed by atoms with van der Waals surface area (Å²) < 4.78 is 0. The van der Waals surface area contributed by atoms with Crippen molar-refractivity contribution >= 4 is 11.6 Å². The van der Waals surface area contributed by atoms with Crippen LogP contribution < -0.4 is 15.5 Å². The molecule has 2 aromatic rings. The third kappa shape index (κ3) is 4.05. The van der Waals surface area contributed by atoms with Gasteiger partial charge in [0.15, 0.2) is 0 Å². The van der Waals surface area contributed by atoms with E-state index in [4.69, 9.17) is 0 Å². The highest BCUT2D eigenvalue weighted by Gasteiger charge is 2.36. The molecule has 0 spiro atoms. The highest BCUT2D eigenvalue weighted by atomic mass is 16.2. The number of hydrogen-bond donors (Lipinski definition) is 2. The Morgan fingerprint density at radius 3 is 2.32 bits per heavy atom. The lowest BCUT2D eigenvalue weighted by Gasteiger charge is -2.45. The maximum Gasteiger partial charge on any atom is 0.227 e. The molecule has 2 saturated heterocycles. The molecular weight excluding hydrogens is 348 g/mol. The van der Waals surface area contributed by atoms with Gasteiger partial charge in [0, 0.05) is 37.9 Å². The maximum absolute atomic E-state index is 12.9. The predicted octanol–water partition coefficient (Wildman–Crippen LogP) is 2.37. The summed E-state index contributed by atoms with van der Waals surface area (Å²) in [6.45, 7) is 8.06. The lowest BCUT2D eigenvalue weighted by molar-refractivity contribution is -0.132. The fourth-order valence-corrected chi connectivity index (χ4v) is 4.30. The minimum Gasteiger partial charge on any atom is -0.369 e. The fraction of sp³-hybridized carbons (Fsp3) is 0.435. The molecule has 0 saturated carbocycles. The smallest absolute Gasteiger partial charge is 0.227 e. The zero-order valence-corrected chi connectivity index (χ0v) is 16.8. The largest absolute Gasteiger partial charge is 0.369 e. The van der Waals surface area contributed by atoms with Crippen molar-refractivity contribution in [2.75, 3.05) is 31.1 Å². The average molecular weight is 379 g/mol. The third-order valence-electron chi connectivity index (χ3n) is 6.14. The van der Waals surface area contributed by atoms with Gasteiger partial charge >= 0.3 is 0 Å². The van der Waals surface area contributed by atoms with Gasteiger partial charge in [-0.2, -0.15) is 0 Å². The van der Waals surface area contributed by atoms with Crippen LogP contribution in [0.1, 0.15) is 18.1 Å². The SMILES string of the molecule is Cc1ccccc1CC1C(=O)NC(N2CCN(c3ccccc3)CC2)NC1C. The summed E-state index contributed by atoms with van der Waals surface area (Å²) in [6.07, 6.45) is 0.704. The molecule has 28 heavy (non-hydrogen) atoms. The van der Waals surface area contributed by atoms with E-state index in [0.717, 1.165) is 32.6 Å². The molecule has 1 amide bonds. The van der Waals surface area contributed by atoms with Crippen molar-refractivity contribution in [3.63, 3.8) is 0 Å². The molecule has 3 unspecified atom stereocenters. The van der Waals surface area contributed by atoms with Crippen LogP contribution in [0, 0.1) is 12.8 Å². The third-order valence-corrected chi connectivity index (χ3v) is 6.14. The second-order valence-electron chi connectivity index (χ2n) is 7.96. The maximum atomic E-state index is 12.9. The van der Waals surface area contributed by atoms with Crippen LogP contribution in [-0.4, -0.2) is 49.3 Å². The molecule has 0 aromatic heterocycles. The van der Waals surface area contributed by atoms with Gasteiger partial charge in [0.05, 0.1) is 5.92 Å². The predicted molar refractivity (Wildman–Crippen MR) is 113 cm³/mol. The van der Waals surface area contributed by atoms with Crippen molar-refractivity contribution in [1.82, 2.24) is 15.5 Å². The van der Waals surface area contributed by atoms with Gasteiger partial charge in [-0.05, 0) is 43.5 Å². The Kier molecular flexibility index (Phi) is 5.64. The molecule has 5 nitrogen and oxygen atoms in total. The zero-order valence-electron chi connectivity index (χ0n) is 16.8. The van der Waals surface area contributed by atoms with E-state index >= 15 is 0 Å². The Morgan fingerprint density at radius 2 is 1.64 bits per heavy atom. The van der Waals surface area contributed by atoms with Gasteiger partial charge in [0.25, 0.3) is 0 Å². The summed E-state index contributed by atoms with van der Waals surface area (Å²) in [5.41, 5.74) is 3.78. The molecule has 148 valence electrons. The number of nitrogens with one attached hydrogen (secondary N) is 2. The Balaban J connectivity index is 1.35. The Labute approximate surface area is 167 Å². The van der Waals surface area contributed by atoms with Crippen molar-refractivity contribution in [2.45, 2.75) is 32.6 Å². The van der Waals surface area contributed by atoms with Gasteiger partial charge in [0.2, 0.25) is 5.91 Å². The number of nitrogens with zero attached hydrogens (tertiary/aromatic N) is 2. The lowest BCUT2D eigenvalue weighted by Crippen LogP contribution is -2.69. The lowest BCUT2D eigenvalue weighted by atomic mass is 9.89. The number of aryl methyl sites for hydroxylation is 1. The molecule has 2 aliphatic heterocycles. The number of benzene rings is 2. The highest BCUT2D eigenvalue weighted by Crippen LogP contribution is 2.21. The summed E-state index contributed by atoms with van der Waals surface area (Å²) >= 11 is 0. The molecule has 5 heteroatoms. The van der Waals surface area contributed by atoms with E-state index < -0.39 is 0 Å². The molecular formula is C23H30N4O. The molecule has 0 bridgehead atoms. The number of para-hydroxylation sites is 1. The van der Waals surface area contributed by atoms with Crippen LogP contribution in [0.25, 0.3) is 0 Å². The van der Waals surface area contributed by atoms with Gasteiger partial charge in [-0.25, -0.2) is 0 Å². The second kappa shape index (κ2) is 8.33. The molecule has 2 aliphatic rings. The average Bonchev–Trinajstić information content (AvgIpc) is 2.72. The first kappa shape index (κ1) is 19.0. The molecule has 0 aliphatic carbocycles. The van der Waals surface area contributed by atoms with E-state index in [1.54, 1.807) is 0 Å². The van der Waals surface area contributed by atoms with Gasteiger partial charge in [-0.15, -0.1) is 0 Å². The Morgan fingerprint density at radius 1 is 0.964 bits per heavy atom. The van der Waals surface area contributed by atoms with Crippen molar-refractivity contribution in [3.8, 4) is 0 Å². The number of piperazine rings is 1. The molecule has 4 rings (SSSR count). The quantitative estimate of drug-likeness (QED) is 0.858. The van der Waals surface area contributed by atoms with E-state index in [2.05, 4.69) is 82.8 Å². The number of carbonyl (C=O) groups excluding carboxylic acids is 1.